The van der Waals surface area contributed by atoms with Gasteiger partial charge in [-0.1, -0.05) is 21.1 Å². The molecule has 1 aromatic rings. The van der Waals surface area contributed by atoms with Gasteiger partial charge in [0.25, 0.3) is 0 Å². The van der Waals surface area contributed by atoms with Crippen LogP contribution in [0, 0.1) is 0 Å². The molecule has 0 amide bonds. The van der Waals surface area contributed by atoms with Crippen LogP contribution in [0.4, 0.5) is 0 Å². The molecular weight excluding hydrogens is 274 g/mol. The Balaban J connectivity index is 1.66. The predicted molar refractivity (Wildman–Crippen MR) is 62.2 cm³/mol. The fourth-order valence-electron chi connectivity index (χ4n) is 1.63. The maximum absolute atomic E-state index is 5.61. The highest BCUT2D eigenvalue weighted by atomic mass is 79.9. The van der Waals surface area contributed by atoms with Crippen molar-refractivity contribution in [1.29, 1.82) is 0 Å². The summed E-state index contributed by atoms with van der Waals surface area (Å²) in [6.07, 6.45) is 5.25. The van der Waals surface area contributed by atoms with Gasteiger partial charge in [-0.2, -0.15) is 0 Å². The van der Waals surface area contributed by atoms with Gasteiger partial charge in [-0.05, 0) is 19.3 Å². The largest absolute Gasteiger partial charge is 0.353 e. The van der Waals surface area contributed by atoms with Crippen molar-refractivity contribution in [2.75, 3.05) is 13.2 Å². The molecule has 16 heavy (non-hydrogen) atoms. The molecule has 0 aromatic carbocycles. The van der Waals surface area contributed by atoms with Gasteiger partial charge in [0.15, 0.2) is 6.29 Å². The van der Waals surface area contributed by atoms with E-state index in [1.54, 1.807) is 4.68 Å². The lowest BCUT2D eigenvalue weighted by Gasteiger charge is -2.22. The second-order valence-corrected chi connectivity index (χ2v) is 4.33. The van der Waals surface area contributed by atoms with Crippen molar-refractivity contribution in [3.8, 4) is 0 Å². The van der Waals surface area contributed by atoms with Gasteiger partial charge in [0.2, 0.25) is 0 Å². The van der Waals surface area contributed by atoms with E-state index in [0.29, 0.717) is 6.61 Å². The second-order valence-electron chi connectivity index (χ2n) is 3.77. The molecule has 2 heterocycles. The van der Waals surface area contributed by atoms with Gasteiger partial charge in [0.05, 0.1) is 18.8 Å². The summed E-state index contributed by atoms with van der Waals surface area (Å²) in [6.45, 7) is 2.16. The van der Waals surface area contributed by atoms with Crippen LogP contribution < -0.4 is 0 Å². The van der Waals surface area contributed by atoms with E-state index in [9.17, 15) is 0 Å². The molecule has 0 bridgehead atoms. The van der Waals surface area contributed by atoms with Crippen LogP contribution in [0.2, 0.25) is 0 Å². The van der Waals surface area contributed by atoms with Crippen LogP contribution in [0.15, 0.2) is 6.20 Å². The van der Waals surface area contributed by atoms with Crippen LogP contribution >= 0.6 is 15.9 Å². The lowest BCUT2D eigenvalue weighted by atomic mass is 10.2. The molecule has 1 fully saturated rings. The van der Waals surface area contributed by atoms with Gasteiger partial charge in [0.1, 0.15) is 0 Å². The molecule has 1 unspecified atom stereocenters. The minimum atomic E-state index is -0.0204. The lowest BCUT2D eigenvalue weighted by molar-refractivity contribution is -0.163. The first-order valence-electron chi connectivity index (χ1n) is 5.56. The van der Waals surface area contributed by atoms with Crippen LogP contribution in [0.3, 0.4) is 0 Å². The maximum atomic E-state index is 5.61. The molecule has 0 radical (unpaired) electrons. The first-order chi connectivity index (χ1) is 7.88. The normalized spacial score (nSPS) is 21.2. The van der Waals surface area contributed by atoms with E-state index in [0.717, 1.165) is 37.0 Å². The monoisotopic (exact) mass is 289 g/mol. The SMILES string of the molecule is BrCc1cn(CCOC2CCCCO2)nn1. The summed E-state index contributed by atoms with van der Waals surface area (Å²) in [6, 6.07) is 0. The molecule has 90 valence electrons. The molecule has 1 saturated heterocycles. The number of nitrogens with zero attached hydrogens (tertiary/aromatic N) is 3. The minimum absolute atomic E-state index is 0.0204. The molecular formula is C10H16BrN3O2. The van der Waals surface area contributed by atoms with Crippen molar-refractivity contribution in [2.24, 2.45) is 0 Å². The fourth-order valence-corrected chi connectivity index (χ4v) is 1.89. The molecule has 1 aliphatic heterocycles. The highest BCUT2D eigenvalue weighted by Gasteiger charge is 2.13. The zero-order valence-electron chi connectivity index (χ0n) is 9.14. The molecule has 0 spiro atoms. The van der Waals surface area contributed by atoms with E-state index in [1.165, 1.54) is 6.42 Å². The Morgan fingerprint density at radius 1 is 1.56 bits per heavy atom. The number of alkyl halides is 1. The Morgan fingerprint density at radius 2 is 2.50 bits per heavy atom. The van der Waals surface area contributed by atoms with Crippen molar-refractivity contribution in [3.63, 3.8) is 0 Å². The third kappa shape index (κ3) is 3.54. The van der Waals surface area contributed by atoms with E-state index in [1.807, 2.05) is 6.20 Å². The summed E-state index contributed by atoms with van der Waals surface area (Å²) < 4.78 is 12.9. The van der Waals surface area contributed by atoms with Crippen molar-refractivity contribution >= 4 is 15.9 Å². The first kappa shape index (κ1) is 12.0. The van der Waals surface area contributed by atoms with Gasteiger partial charge >= 0.3 is 0 Å². The molecule has 0 aliphatic carbocycles. The Bertz CT molecular complexity index is 313. The van der Waals surface area contributed by atoms with Crippen LogP contribution in [0.25, 0.3) is 0 Å². The number of aromatic nitrogens is 3. The molecule has 6 heteroatoms. The second kappa shape index (κ2) is 6.32. The van der Waals surface area contributed by atoms with Crippen molar-refractivity contribution in [3.05, 3.63) is 11.9 Å². The van der Waals surface area contributed by atoms with Gasteiger partial charge in [-0.15, -0.1) is 5.10 Å². The van der Waals surface area contributed by atoms with E-state index in [2.05, 4.69) is 26.2 Å². The summed E-state index contributed by atoms with van der Waals surface area (Å²) >= 11 is 3.33. The van der Waals surface area contributed by atoms with E-state index in [4.69, 9.17) is 9.47 Å². The number of hydrogen-bond donors (Lipinski definition) is 0. The topological polar surface area (TPSA) is 49.2 Å². The molecule has 0 N–H and O–H groups in total. The summed E-state index contributed by atoms with van der Waals surface area (Å²) in [4.78, 5) is 0. The van der Waals surface area contributed by atoms with Crippen molar-refractivity contribution in [1.82, 2.24) is 15.0 Å². The summed E-state index contributed by atoms with van der Waals surface area (Å²) in [5, 5.41) is 8.70. The Hall–Kier alpha value is -0.460. The quantitative estimate of drug-likeness (QED) is 0.775. The van der Waals surface area contributed by atoms with Crippen molar-refractivity contribution in [2.45, 2.75) is 37.4 Å². The van der Waals surface area contributed by atoms with Crippen LogP contribution in [0.1, 0.15) is 25.0 Å². The Kier molecular flexibility index (Phi) is 4.74. The third-order valence-corrected chi connectivity index (χ3v) is 3.06. The van der Waals surface area contributed by atoms with E-state index in [-0.39, 0.29) is 6.29 Å². The zero-order chi connectivity index (χ0) is 11.2. The molecule has 1 aromatic heterocycles. The smallest absolute Gasteiger partial charge is 0.157 e. The summed E-state index contributed by atoms with van der Waals surface area (Å²) in [5.41, 5.74) is 0.939. The van der Waals surface area contributed by atoms with E-state index >= 15 is 0 Å². The van der Waals surface area contributed by atoms with Gasteiger partial charge in [-0.25, -0.2) is 4.68 Å². The average molecular weight is 290 g/mol. The molecule has 1 atom stereocenters. The summed E-state index contributed by atoms with van der Waals surface area (Å²) in [5.74, 6) is 0. The molecule has 0 saturated carbocycles. The third-order valence-electron chi connectivity index (χ3n) is 2.49. The Morgan fingerprint density at radius 3 is 3.19 bits per heavy atom. The maximum Gasteiger partial charge on any atom is 0.157 e. The predicted octanol–water partition coefficient (Wildman–Crippen LogP) is 1.72. The number of ether oxygens (including phenoxy) is 2. The minimum Gasteiger partial charge on any atom is -0.353 e. The molecule has 1 aliphatic rings. The number of rotatable bonds is 5. The van der Waals surface area contributed by atoms with E-state index < -0.39 is 0 Å². The van der Waals surface area contributed by atoms with Gasteiger partial charge in [0, 0.05) is 18.1 Å². The lowest BCUT2D eigenvalue weighted by Crippen LogP contribution is -2.24. The standard InChI is InChI=1S/C10H16BrN3O2/c11-7-9-8-14(13-12-9)4-6-16-10-3-1-2-5-15-10/h8,10H,1-7H2. The van der Waals surface area contributed by atoms with Crippen molar-refractivity contribution < 1.29 is 9.47 Å². The fraction of sp³-hybridized carbons (Fsp3) is 0.800. The number of hydrogen-bond acceptors (Lipinski definition) is 4. The van der Waals surface area contributed by atoms with Gasteiger partial charge < -0.3 is 9.47 Å². The number of halogens is 1. The van der Waals surface area contributed by atoms with Crippen LogP contribution in [0.5, 0.6) is 0 Å². The highest BCUT2D eigenvalue weighted by Crippen LogP contribution is 2.13. The van der Waals surface area contributed by atoms with Crippen LogP contribution in [-0.4, -0.2) is 34.5 Å². The average Bonchev–Trinajstić information content (AvgIpc) is 2.78. The van der Waals surface area contributed by atoms with Gasteiger partial charge in [-0.3, -0.25) is 0 Å². The Labute approximate surface area is 103 Å². The first-order valence-corrected chi connectivity index (χ1v) is 6.69. The molecule has 5 nitrogen and oxygen atoms in total. The zero-order valence-corrected chi connectivity index (χ0v) is 10.7. The molecule has 2 rings (SSSR count). The summed E-state index contributed by atoms with van der Waals surface area (Å²) in [7, 11) is 0. The van der Waals surface area contributed by atoms with Crippen LogP contribution in [-0.2, 0) is 21.3 Å². The highest BCUT2D eigenvalue weighted by molar-refractivity contribution is 9.08.